The summed E-state index contributed by atoms with van der Waals surface area (Å²) in [5.41, 5.74) is 1.34. The molecule has 20 heavy (non-hydrogen) atoms. The Morgan fingerprint density at radius 1 is 0.850 bits per heavy atom. The molecule has 1 N–H and O–H groups in total. The molecule has 0 aliphatic rings. The Labute approximate surface area is 127 Å². The predicted molar refractivity (Wildman–Crippen MR) is 80.1 cm³/mol. The van der Waals surface area contributed by atoms with Gasteiger partial charge in [-0.3, -0.25) is 0 Å². The van der Waals surface area contributed by atoms with Crippen molar-refractivity contribution in [2.75, 3.05) is 14.2 Å². The Morgan fingerprint density at radius 3 is 2.05 bits per heavy atom. The van der Waals surface area contributed by atoms with E-state index in [4.69, 9.17) is 32.7 Å². The highest BCUT2D eigenvalue weighted by Crippen LogP contribution is 2.33. The second-order valence-corrected chi connectivity index (χ2v) is 5.00. The van der Waals surface area contributed by atoms with Crippen molar-refractivity contribution < 1.29 is 14.6 Å². The van der Waals surface area contributed by atoms with Gasteiger partial charge in [0.2, 0.25) is 0 Å². The first-order valence-electron chi connectivity index (χ1n) is 5.91. The molecular formula is C15H14Cl2O3. The van der Waals surface area contributed by atoms with Crippen molar-refractivity contribution in [3.63, 3.8) is 0 Å². The van der Waals surface area contributed by atoms with Gasteiger partial charge in [-0.05, 0) is 35.4 Å². The summed E-state index contributed by atoms with van der Waals surface area (Å²) in [6, 6.07) is 10.3. The largest absolute Gasteiger partial charge is 0.493 e. The van der Waals surface area contributed by atoms with Gasteiger partial charge in [0.05, 0.1) is 24.3 Å². The van der Waals surface area contributed by atoms with Crippen LogP contribution in [0.1, 0.15) is 17.2 Å². The van der Waals surface area contributed by atoms with Crippen molar-refractivity contribution in [1.82, 2.24) is 0 Å². The van der Waals surface area contributed by atoms with Gasteiger partial charge in [-0.15, -0.1) is 0 Å². The SMILES string of the molecule is COc1ccc([C@H](O)c2ccc(Cl)c(Cl)c2)cc1OC. The highest BCUT2D eigenvalue weighted by Gasteiger charge is 2.14. The van der Waals surface area contributed by atoms with Crippen LogP contribution in [0.4, 0.5) is 0 Å². The molecule has 0 heterocycles. The quantitative estimate of drug-likeness (QED) is 0.924. The number of ether oxygens (including phenoxy) is 2. The number of hydrogen-bond acceptors (Lipinski definition) is 3. The third-order valence-corrected chi connectivity index (χ3v) is 3.72. The molecule has 2 aromatic carbocycles. The van der Waals surface area contributed by atoms with E-state index in [2.05, 4.69) is 0 Å². The number of hydrogen-bond donors (Lipinski definition) is 1. The zero-order valence-corrected chi connectivity index (χ0v) is 12.6. The van der Waals surface area contributed by atoms with Gasteiger partial charge in [-0.1, -0.05) is 35.3 Å². The summed E-state index contributed by atoms with van der Waals surface area (Å²) in [5, 5.41) is 11.3. The Kier molecular flexibility index (Phi) is 4.76. The summed E-state index contributed by atoms with van der Waals surface area (Å²) in [7, 11) is 3.11. The molecule has 0 spiro atoms. The lowest BCUT2D eigenvalue weighted by atomic mass is 10.0. The van der Waals surface area contributed by atoms with Crippen molar-refractivity contribution in [1.29, 1.82) is 0 Å². The van der Waals surface area contributed by atoms with E-state index in [0.29, 0.717) is 32.7 Å². The Bertz CT molecular complexity index is 614. The number of benzene rings is 2. The van der Waals surface area contributed by atoms with E-state index in [0.717, 1.165) is 0 Å². The Morgan fingerprint density at radius 2 is 1.45 bits per heavy atom. The van der Waals surface area contributed by atoms with Crippen molar-refractivity contribution in [3.8, 4) is 11.5 Å². The van der Waals surface area contributed by atoms with Crippen molar-refractivity contribution >= 4 is 23.2 Å². The van der Waals surface area contributed by atoms with Gasteiger partial charge in [0.25, 0.3) is 0 Å². The lowest BCUT2D eigenvalue weighted by molar-refractivity contribution is 0.219. The molecule has 0 saturated heterocycles. The normalized spacial score (nSPS) is 12.1. The molecule has 106 valence electrons. The summed E-state index contributed by atoms with van der Waals surface area (Å²) >= 11 is 11.8. The standard InChI is InChI=1S/C15H14Cl2O3/c1-19-13-6-4-10(8-14(13)20-2)15(18)9-3-5-11(16)12(17)7-9/h3-8,15,18H,1-2H3/t15-/m1/s1. The van der Waals surface area contributed by atoms with E-state index in [1.807, 2.05) is 0 Å². The van der Waals surface area contributed by atoms with E-state index >= 15 is 0 Å². The summed E-state index contributed by atoms with van der Waals surface area (Å²) in [4.78, 5) is 0. The Balaban J connectivity index is 2.37. The number of halogens is 2. The maximum absolute atomic E-state index is 10.4. The van der Waals surface area contributed by atoms with Crippen LogP contribution in [0.5, 0.6) is 11.5 Å². The van der Waals surface area contributed by atoms with E-state index < -0.39 is 6.10 Å². The molecule has 2 aromatic rings. The first-order chi connectivity index (χ1) is 9.56. The maximum Gasteiger partial charge on any atom is 0.161 e. The molecule has 0 aliphatic heterocycles. The van der Waals surface area contributed by atoms with Crippen LogP contribution in [0.3, 0.4) is 0 Å². The van der Waals surface area contributed by atoms with Crippen LogP contribution in [-0.2, 0) is 0 Å². The molecule has 0 unspecified atom stereocenters. The van der Waals surface area contributed by atoms with Gasteiger partial charge in [0.1, 0.15) is 6.10 Å². The highest BCUT2D eigenvalue weighted by atomic mass is 35.5. The second-order valence-electron chi connectivity index (χ2n) is 4.19. The zero-order chi connectivity index (χ0) is 14.7. The van der Waals surface area contributed by atoms with Gasteiger partial charge in [0, 0.05) is 0 Å². The number of aliphatic hydroxyl groups excluding tert-OH is 1. The number of methoxy groups -OCH3 is 2. The van der Waals surface area contributed by atoms with E-state index in [1.165, 1.54) is 0 Å². The lowest BCUT2D eigenvalue weighted by Gasteiger charge is -2.15. The minimum atomic E-state index is -0.815. The summed E-state index contributed by atoms with van der Waals surface area (Å²) in [5.74, 6) is 1.17. The van der Waals surface area contributed by atoms with Gasteiger partial charge in [-0.25, -0.2) is 0 Å². The molecule has 0 amide bonds. The van der Waals surface area contributed by atoms with Crippen LogP contribution in [0.25, 0.3) is 0 Å². The second kappa shape index (κ2) is 6.35. The zero-order valence-electron chi connectivity index (χ0n) is 11.1. The van der Waals surface area contributed by atoms with E-state index in [9.17, 15) is 5.11 Å². The van der Waals surface area contributed by atoms with Crippen LogP contribution < -0.4 is 9.47 Å². The Hall–Kier alpha value is -1.42. The minimum absolute atomic E-state index is 0.406. The third kappa shape index (κ3) is 3.01. The molecule has 0 saturated carbocycles. The smallest absolute Gasteiger partial charge is 0.161 e. The van der Waals surface area contributed by atoms with Crippen LogP contribution in [0.2, 0.25) is 10.0 Å². The minimum Gasteiger partial charge on any atom is -0.493 e. The fourth-order valence-electron chi connectivity index (χ4n) is 1.90. The van der Waals surface area contributed by atoms with Gasteiger partial charge < -0.3 is 14.6 Å². The van der Waals surface area contributed by atoms with E-state index in [-0.39, 0.29) is 0 Å². The van der Waals surface area contributed by atoms with Crippen molar-refractivity contribution in [2.24, 2.45) is 0 Å². The van der Waals surface area contributed by atoms with Crippen LogP contribution in [-0.4, -0.2) is 19.3 Å². The maximum atomic E-state index is 10.4. The van der Waals surface area contributed by atoms with E-state index in [1.54, 1.807) is 50.6 Å². The first kappa shape index (κ1) is 15.0. The topological polar surface area (TPSA) is 38.7 Å². The van der Waals surface area contributed by atoms with Gasteiger partial charge >= 0.3 is 0 Å². The molecule has 0 aliphatic carbocycles. The molecule has 0 fully saturated rings. The number of rotatable bonds is 4. The predicted octanol–water partition coefficient (Wildman–Crippen LogP) is 4.09. The molecule has 1 atom stereocenters. The molecule has 3 nitrogen and oxygen atoms in total. The fourth-order valence-corrected chi connectivity index (χ4v) is 2.20. The lowest BCUT2D eigenvalue weighted by Crippen LogP contribution is -2.01. The average molecular weight is 313 g/mol. The van der Waals surface area contributed by atoms with Crippen LogP contribution in [0.15, 0.2) is 36.4 Å². The molecule has 0 radical (unpaired) electrons. The van der Waals surface area contributed by atoms with Crippen molar-refractivity contribution in [3.05, 3.63) is 57.6 Å². The molecular weight excluding hydrogens is 299 g/mol. The summed E-state index contributed by atoms with van der Waals surface area (Å²) in [6.45, 7) is 0. The van der Waals surface area contributed by atoms with Crippen LogP contribution in [0, 0.1) is 0 Å². The molecule has 2 rings (SSSR count). The molecule has 5 heteroatoms. The monoisotopic (exact) mass is 312 g/mol. The first-order valence-corrected chi connectivity index (χ1v) is 6.67. The van der Waals surface area contributed by atoms with Gasteiger partial charge in [0.15, 0.2) is 11.5 Å². The third-order valence-electron chi connectivity index (χ3n) is 2.98. The molecule has 0 aromatic heterocycles. The fraction of sp³-hybridized carbons (Fsp3) is 0.200. The van der Waals surface area contributed by atoms with Crippen molar-refractivity contribution in [2.45, 2.75) is 6.10 Å². The van der Waals surface area contributed by atoms with Gasteiger partial charge in [-0.2, -0.15) is 0 Å². The summed E-state index contributed by atoms with van der Waals surface area (Å²) < 4.78 is 10.4. The average Bonchev–Trinajstić information content (AvgIpc) is 2.48. The highest BCUT2D eigenvalue weighted by molar-refractivity contribution is 6.42. The number of aliphatic hydroxyl groups is 1. The molecule has 0 bridgehead atoms. The van der Waals surface area contributed by atoms with Crippen LogP contribution >= 0.6 is 23.2 Å². The summed E-state index contributed by atoms with van der Waals surface area (Å²) in [6.07, 6.45) is -0.815.